The van der Waals surface area contributed by atoms with Gasteiger partial charge in [0.2, 0.25) is 0 Å². The first-order chi connectivity index (χ1) is 23.7. The molecule has 1 N–H and O–H groups in total. The summed E-state index contributed by atoms with van der Waals surface area (Å²) in [5.41, 5.74) is -0.705. The fraction of sp³-hybridized carbons (Fsp3) is 0.444. The van der Waals surface area contributed by atoms with Gasteiger partial charge in [0.05, 0.1) is 23.1 Å². The minimum Gasteiger partial charge on any atom is -0.508 e. The van der Waals surface area contributed by atoms with Crippen LogP contribution in [0.5, 0.6) is 11.8 Å². The standard InChI is InChI=1S/C36H33F3N6O4/c1-2-24-27(38)7-4-19-10-23(46)11-25(29(19)24)31-30(39)32-26(13-40-31)33(43-15-21-5-6-22(16-43)45(21)34(47)28-17-48-28)42-35(41-32)49-18-36-8-3-9-44(36)14-20(37)12-36/h1,4,7,10-11,13,20-22,28,46H,3,5-6,8-9,12,14-18H2/t20-,21?,22?,28+,36+/m1/s1. The lowest BCUT2D eigenvalue weighted by Gasteiger charge is -2.41. The smallest absolute Gasteiger partial charge is 0.319 e. The highest BCUT2D eigenvalue weighted by molar-refractivity contribution is 6.03. The van der Waals surface area contributed by atoms with E-state index in [9.17, 15) is 18.7 Å². The molecule has 2 aromatic heterocycles. The van der Waals surface area contributed by atoms with Crippen LogP contribution in [0.4, 0.5) is 19.0 Å². The van der Waals surface area contributed by atoms with Crippen molar-refractivity contribution in [1.29, 1.82) is 0 Å². The summed E-state index contributed by atoms with van der Waals surface area (Å²) in [5.74, 6) is 1.12. The quantitative estimate of drug-likeness (QED) is 0.237. The number of halogens is 3. The summed E-state index contributed by atoms with van der Waals surface area (Å²) in [6, 6.07) is 5.20. The van der Waals surface area contributed by atoms with Gasteiger partial charge in [0.15, 0.2) is 11.9 Å². The zero-order valence-electron chi connectivity index (χ0n) is 26.5. The monoisotopic (exact) mass is 670 g/mol. The van der Waals surface area contributed by atoms with E-state index in [1.165, 1.54) is 30.5 Å². The number of aromatic nitrogens is 3. The van der Waals surface area contributed by atoms with Crippen LogP contribution >= 0.6 is 0 Å². The van der Waals surface area contributed by atoms with E-state index in [2.05, 4.69) is 20.8 Å². The minimum atomic E-state index is -0.951. The van der Waals surface area contributed by atoms with Crippen LogP contribution in [-0.4, -0.2) is 105 Å². The first kappa shape index (κ1) is 30.4. The number of piperazine rings is 1. The Morgan fingerprint density at radius 1 is 1.16 bits per heavy atom. The summed E-state index contributed by atoms with van der Waals surface area (Å²) < 4.78 is 57.9. The molecule has 1 amide bonds. The molecule has 252 valence electrons. The van der Waals surface area contributed by atoms with Crippen molar-refractivity contribution in [3.05, 3.63) is 47.7 Å². The third-order valence-corrected chi connectivity index (χ3v) is 11.0. The number of rotatable bonds is 6. The van der Waals surface area contributed by atoms with E-state index in [-0.39, 0.29) is 70.2 Å². The lowest BCUT2D eigenvalue weighted by Crippen LogP contribution is -2.57. The van der Waals surface area contributed by atoms with Gasteiger partial charge in [-0.05, 0) is 55.8 Å². The molecular weight excluding hydrogens is 637 g/mol. The van der Waals surface area contributed by atoms with Crippen molar-refractivity contribution in [2.75, 3.05) is 44.3 Å². The molecule has 0 aliphatic carbocycles. The average molecular weight is 671 g/mol. The maximum atomic E-state index is 16.9. The Hall–Kier alpha value is -4.67. The van der Waals surface area contributed by atoms with Crippen molar-refractivity contribution >= 4 is 33.4 Å². The van der Waals surface area contributed by atoms with E-state index >= 15 is 4.39 Å². The SMILES string of the molecule is C#Cc1c(F)ccc2cc(O)cc(-c3ncc4c(N5CC6CCC(C5)N6C(=O)[C@@H]5CO5)nc(OC[C@@]56CCCN5C[C@H](F)C6)nc4c3F)c12. The summed E-state index contributed by atoms with van der Waals surface area (Å²) in [5, 5.41) is 11.6. The predicted octanol–water partition coefficient (Wildman–Crippen LogP) is 4.34. The fourth-order valence-corrected chi connectivity index (χ4v) is 8.71. The summed E-state index contributed by atoms with van der Waals surface area (Å²) in [4.78, 5) is 33.0. The Labute approximate surface area is 279 Å². The van der Waals surface area contributed by atoms with Gasteiger partial charge >= 0.3 is 6.01 Å². The normalized spacial score (nSPS) is 27.6. The second-order valence-corrected chi connectivity index (χ2v) is 13.9. The molecule has 2 unspecified atom stereocenters. The van der Waals surface area contributed by atoms with Crippen LogP contribution in [0.25, 0.3) is 32.9 Å². The lowest BCUT2D eigenvalue weighted by molar-refractivity contribution is -0.135. The summed E-state index contributed by atoms with van der Waals surface area (Å²) in [6.07, 6.45) is 9.53. The second-order valence-electron chi connectivity index (χ2n) is 13.9. The van der Waals surface area contributed by atoms with Gasteiger partial charge in [0, 0.05) is 55.3 Å². The van der Waals surface area contributed by atoms with Crippen molar-refractivity contribution in [1.82, 2.24) is 24.8 Å². The molecule has 0 radical (unpaired) electrons. The Bertz CT molecular complexity index is 2070. The molecule has 5 aliphatic heterocycles. The highest BCUT2D eigenvalue weighted by Gasteiger charge is 2.50. The molecule has 4 aromatic rings. The van der Waals surface area contributed by atoms with Crippen molar-refractivity contribution in [3.8, 4) is 35.4 Å². The lowest BCUT2D eigenvalue weighted by atomic mass is 9.95. The van der Waals surface area contributed by atoms with Gasteiger partial charge < -0.3 is 24.4 Å². The van der Waals surface area contributed by atoms with E-state index in [0.29, 0.717) is 49.3 Å². The number of nitrogens with zero attached hydrogens (tertiary/aromatic N) is 6. The van der Waals surface area contributed by atoms with Crippen molar-refractivity contribution < 1.29 is 32.5 Å². The number of ether oxygens (including phenoxy) is 2. The molecule has 49 heavy (non-hydrogen) atoms. The fourth-order valence-electron chi connectivity index (χ4n) is 8.71. The number of fused-ring (bicyclic) bond motifs is 5. The number of carbonyl (C=O) groups is 1. The van der Waals surface area contributed by atoms with E-state index < -0.39 is 23.3 Å². The van der Waals surface area contributed by atoms with Crippen LogP contribution in [0.1, 0.15) is 37.7 Å². The maximum Gasteiger partial charge on any atom is 0.319 e. The Morgan fingerprint density at radius 2 is 1.96 bits per heavy atom. The van der Waals surface area contributed by atoms with Crippen molar-refractivity contribution in [2.24, 2.45) is 0 Å². The number of terminal acetylenes is 1. The van der Waals surface area contributed by atoms with Gasteiger partial charge in [0.25, 0.3) is 5.91 Å². The van der Waals surface area contributed by atoms with E-state index in [0.717, 1.165) is 32.2 Å². The van der Waals surface area contributed by atoms with E-state index in [4.69, 9.17) is 20.9 Å². The van der Waals surface area contributed by atoms with E-state index in [1.807, 2.05) is 9.80 Å². The Morgan fingerprint density at radius 3 is 2.71 bits per heavy atom. The predicted molar refractivity (Wildman–Crippen MR) is 174 cm³/mol. The molecule has 7 heterocycles. The highest BCUT2D eigenvalue weighted by atomic mass is 19.1. The molecule has 2 bridgehead atoms. The largest absolute Gasteiger partial charge is 0.508 e. The van der Waals surface area contributed by atoms with Gasteiger partial charge in [-0.15, -0.1) is 6.42 Å². The van der Waals surface area contributed by atoms with E-state index in [1.54, 1.807) is 0 Å². The number of phenolic OH excluding ortho intramolecular Hbond substituents is 1. The van der Waals surface area contributed by atoms with Crippen molar-refractivity contribution in [3.63, 3.8) is 0 Å². The molecular formula is C36H33F3N6O4. The van der Waals surface area contributed by atoms with Gasteiger partial charge in [-0.25, -0.2) is 13.2 Å². The number of amides is 1. The maximum absolute atomic E-state index is 16.9. The highest BCUT2D eigenvalue weighted by Crippen LogP contribution is 2.43. The molecule has 9 rings (SSSR count). The summed E-state index contributed by atoms with van der Waals surface area (Å²) >= 11 is 0. The molecule has 0 saturated carbocycles. The zero-order valence-corrected chi connectivity index (χ0v) is 26.5. The van der Waals surface area contributed by atoms with Crippen LogP contribution < -0.4 is 9.64 Å². The van der Waals surface area contributed by atoms with Gasteiger partial charge in [-0.3, -0.25) is 14.7 Å². The first-order valence-corrected chi connectivity index (χ1v) is 16.7. The zero-order chi connectivity index (χ0) is 33.6. The van der Waals surface area contributed by atoms with Gasteiger partial charge in [-0.2, -0.15) is 9.97 Å². The molecule has 5 aliphatic rings. The number of phenols is 1. The van der Waals surface area contributed by atoms with Crippen LogP contribution in [0.3, 0.4) is 0 Å². The number of hydrogen-bond acceptors (Lipinski definition) is 9. The average Bonchev–Trinajstić information content (AvgIpc) is 3.73. The van der Waals surface area contributed by atoms with Gasteiger partial charge in [0.1, 0.15) is 41.4 Å². The summed E-state index contributed by atoms with van der Waals surface area (Å²) in [6.45, 7) is 2.66. The van der Waals surface area contributed by atoms with Crippen LogP contribution in [0.2, 0.25) is 0 Å². The number of benzene rings is 2. The third kappa shape index (κ3) is 4.87. The Kier molecular flexibility index (Phi) is 6.94. The van der Waals surface area contributed by atoms with Gasteiger partial charge in [-0.1, -0.05) is 12.0 Å². The molecule has 2 aromatic carbocycles. The molecule has 5 fully saturated rings. The van der Waals surface area contributed by atoms with Crippen molar-refractivity contribution in [2.45, 2.75) is 62.0 Å². The molecule has 10 nitrogen and oxygen atoms in total. The molecule has 13 heteroatoms. The molecule has 0 spiro atoms. The number of pyridine rings is 1. The number of hydrogen-bond donors (Lipinski definition) is 1. The van der Waals surface area contributed by atoms with Crippen LogP contribution in [-0.2, 0) is 9.53 Å². The molecule has 5 saturated heterocycles. The van der Waals surface area contributed by atoms with Crippen LogP contribution in [0, 0.1) is 24.0 Å². The number of epoxide rings is 1. The Balaban J connectivity index is 1.16. The number of carbonyl (C=O) groups excluding carboxylic acids is 1. The number of anilines is 1. The number of aromatic hydroxyl groups is 1. The minimum absolute atomic E-state index is 0.00490. The molecule has 5 atom stereocenters. The summed E-state index contributed by atoms with van der Waals surface area (Å²) in [7, 11) is 0. The third-order valence-electron chi connectivity index (χ3n) is 11.0. The topological polar surface area (TPSA) is 107 Å². The first-order valence-electron chi connectivity index (χ1n) is 16.7. The second kappa shape index (κ2) is 11.2. The van der Waals surface area contributed by atoms with Crippen LogP contribution in [0.15, 0.2) is 30.5 Å². The number of alkyl halides is 1.